The standard InChI is InChI=1S/C31H33ClFN5O2/c1-17(2)20-10-8-11-21(18(3)4)26(20)29-28-23(15-24(32)27(34-28)22-9-6-7-12-25(22)33)30(36-35-29)38-14-13-37(31(39)40)16-19(38)5/h6-12,15,17-19H,13-14,16H2,1-5H3,(H,39,40). The highest BCUT2D eigenvalue weighted by Gasteiger charge is 2.31. The Hall–Kier alpha value is -3.78. The number of hydrogen-bond acceptors (Lipinski definition) is 5. The summed E-state index contributed by atoms with van der Waals surface area (Å²) in [7, 11) is 0. The van der Waals surface area contributed by atoms with E-state index in [0.29, 0.717) is 58.3 Å². The van der Waals surface area contributed by atoms with E-state index in [1.807, 2.05) is 6.92 Å². The van der Waals surface area contributed by atoms with Gasteiger partial charge in [-0.05, 0) is 48.1 Å². The average Bonchev–Trinajstić information content (AvgIpc) is 2.92. The molecule has 1 N–H and O–H groups in total. The lowest BCUT2D eigenvalue weighted by molar-refractivity contribution is 0.136. The largest absolute Gasteiger partial charge is 0.465 e. The van der Waals surface area contributed by atoms with Gasteiger partial charge < -0.3 is 14.9 Å². The molecule has 2 aromatic heterocycles. The van der Waals surface area contributed by atoms with Crippen molar-refractivity contribution in [3.05, 3.63) is 70.5 Å². The van der Waals surface area contributed by atoms with Crippen molar-refractivity contribution in [2.45, 2.75) is 52.5 Å². The Labute approximate surface area is 238 Å². The van der Waals surface area contributed by atoms with Gasteiger partial charge in [0, 0.05) is 42.2 Å². The van der Waals surface area contributed by atoms with E-state index in [0.717, 1.165) is 16.7 Å². The van der Waals surface area contributed by atoms with Crippen molar-refractivity contribution < 1.29 is 14.3 Å². The molecule has 0 spiro atoms. The van der Waals surface area contributed by atoms with Crippen LogP contribution < -0.4 is 4.90 Å². The first kappa shape index (κ1) is 27.8. The molecule has 1 atom stereocenters. The van der Waals surface area contributed by atoms with Crippen LogP contribution in [0.5, 0.6) is 0 Å². The van der Waals surface area contributed by atoms with E-state index >= 15 is 0 Å². The monoisotopic (exact) mass is 561 g/mol. The van der Waals surface area contributed by atoms with E-state index in [2.05, 4.69) is 50.8 Å². The summed E-state index contributed by atoms with van der Waals surface area (Å²) in [5, 5.41) is 20.0. The minimum atomic E-state index is -0.941. The number of benzene rings is 2. The molecule has 1 unspecified atom stereocenters. The minimum absolute atomic E-state index is 0.146. The molecule has 1 amide bonds. The first-order valence-electron chi connectivity index (χ1n) is 13.6. The molecular formula is C31H33ClFN5O2. The van der Waals surface area contributed by atoms with Crippen molar-refractivity contribution in [3.8, 4) is 22.5 Å². The number of halogens is 2. The molecule has 1 aliphatic heterocycles. The van der Waals surface area contributed by atoms with Gasteiger partial charge in [-0.25, -0.2) is 14.2 Å². The van der Waals surface area contributed by atoms with Crippen LogP contribution in [0.2, 0.25) is 5.02 Å². The van der Waals surface area contributed by atoms with Crippen LogP contribution in [-0.2, 0) is 0 Å². The van der Waals surface area contributed by atoms with Crippen molar-refractivity contribution in [2.75, 3.05) is 24.5 Å². The van der Waals surface area contributed by atoms with Crippen LogP contribution >= 0.6 is 11.6 Å². The van der Waals surface area contributed by atoms with Gasteiger partial charge in [0.05, 0.1) is 10.7 Å². The Morgan fingerprint density at radius 3 is 2.27 bits per heavy atom. The number of anilines is 1. The Balaban J connectivity index is 1.81. The summed E-state index contributed by atoms with van der Waals surface area (Å²) >= 11 is 6.80. The topological polar surface area (TPSA) is 82.5 Å². The molecule has 0 saturated carbocycles. The van der Waals surface area contributed by atoms with E-state index in [4.69, 9.17) is 26.8 Å². The Kier molecular flexibility index (Phi) is 7.64. The maximum absolute atomic E-state index is 15.0. The summed E-state index contributed by atoms with van der Waals surface area (Å²) < 4.78 is 15.0. The maximum atomic E-state index is 15.0. The van der Waals surface area contributed by atoms with Gasteiger partial charge in [-0.1, -0.05) is 69.6 Å². The van der Waals surface area contributed by atoms with Crippen LogP contribution in [0, 0.1) is 5.82 Å². The Bertz CT molecular complexity index is 1570. The van der Waals surface area contributed by atoms with E-state index in [1.54, 1.807) is 24.3 Å². The molecule has 208 valence electrons. The zero-order valence-electron chi connectivity index (χ0n) is 23.3. The third kappa shape index (κ3) is 4.96. The zero-order valence-corrected chi connectivity index (χ0v) is 24.1. The fourth-order valence-corrected chi connectivity index (χ4v) is 5.78. The van der Waals surface area contributed by atoms with Crippen LogP contribution in [0.15, 0.2) is 48.5 Å². The normalized spacial score (nSPS) is 15.9. The first-order valence-corrected chi connectivity index (χ1v) is 14.0. The molecule has 2 aromatic carbocycles. The third-order valence-corrected chi connectivity index (χ3v) is 7.88. The first-order chi connectivity index (χ1) is 19.1. The van der Waals surface area contributed by atoms with Gasteiger partial charge in [-0.3, -0.25) is 0 Å². The molecule has 0 bridgehead atoms. The molecule has 9 heteroatoms. The predicted octanol–water partition coefficient (Wildman–Crippen LogP) is 7.59. The highest BCUT2D eigenvalue weighted by molar-refractivity contribution is 6.34. The fourth-order valence-electron chi connectivity index (χ4n) is 5.53. The van der Waals surface area contributed by atoms with Gasteiger partial charge in [0.1, 0.15) is 17.0 Å². The molecule has 4 aromatic rings. The van der Waals surface area contributed by atoms with Gasteiger partial charge >= 0.3 is 6.09 Å². The van der Waals surface area contributed by atoms with E-state index < -0.39 is 11.9 Å². The number of pyridine rings is 1. The highest BCUT2D eigenvalue weighted by Crippen LogP contribution is 2.42. The zero-order chi connectivity index (χ0) is 28.7. The number of carboxylic acid groups (broad SMARTS) is 1. The number of nitrogens with zero attached hydrogens (tertiary/aromatic N) is 5. The molecule has 1 fully saturated rings. The number of aromatic nitrogens is 3. The lowest BCUT2D eigenvalue weighted by Crippen LogP contribution is -2.53. The van der Waals surface area contributed by atoms with Crippen molar-refractivity contribution >= 4 is 34.4 Å². The lowest BCUT2D eigenvalue weighted by atomic mass is 9.86. The van der Waals surface area contributed by atoms with E-state index in [-0.39, 0.29) is 17.9 Å². The Morgan fingerprint density at radius 1 is 1.00 bits per heavy atom. The van der Waals surface area contributed by atoms with Crippen LogP contribution in [-0.4, -0.2) is 57.0 Å². The fraction of sp³-hybridized carbons (Fsp3) is 0.355. The number of fused-ring (bicyclic) bond motifs is 1. The van der Waals surface area contributed by atoms with Crippen molar-refractivity contribution in [1.82, 2.24) is 20.1 Å². The van der Waals surface area contributed by atoms with E-state index in [1.165, 1.54) is 11.0 Å². The molecule has 7 nitrogen and oxygen atoms in total. The number of carbonyl (C=O) groups is 1. The van der Waals surface area contributed by atoms with Crippen molar-refractivity contribution in [3.63, 3.8) is 0 Å². The SMILES string of the molecule is CC(C)c1cccc(C(C)C)c1-c1nnc(N2CCN(C(=O)O)CC2C)c2cc(Cl)c(-c3ccccc3F)nc12. The number of rotatable bonds is 5. The van der Waals surface area contributed by atoms with Gasteiger partial charge in [-0.15, -0.1) is 10.2 Å². The van der Waals surface area contributed by atoms with Crippen LogP contribution in [0.3, 0.4) is 0 Å². The summed E-state index contributed by atoms with van der Waals surface area (Å²) in [6.45, 7) is 11.7. The second kappa shape index (κ2) is 11.0. The molecule has 1 aliphatic rings. The summed E-state index contributed by atoms with van der Waals surface area (Å²) in [4.78, 5) is 20.1. The second-order valence-corrected chi connectivity index (χ2v) is 11.4. The number of piperazine rings is 1. The highest BCUT2D eigenvalue weighted by atomic mass is 35.5. The van der Waals surface area contributed by atoms with Gasteiger partial charge in [-0.2, -0.15) is 0 Å². The van der Waals surface area contributed by atoms with Gasteiger partial charge in [0.15, 0.2) is 5.82 Å². The van der Waals surface area contributed by atoms with Crippen LogP contribution in [0.25, 0.3) is 33.4 Å². The van der Waals surface area contributed by atoms with Gasteiger partial charge in [0.25, 0.3) is 0 Å². The minimum Gasteiger partial charge on any atom is -0.465 e. The lowest BCUT2D eigenvalue weighted by Gasteiger charge is -2.39. The molecule has 40 heavy (non-hydrogen) atoms. The Morgan fingerprint density at radius 2 is 1.68 bits per heavy atom. The molecular weight excluding hydrogens is 529 g/mol. The van der Waals surface area contributed by atoms with Crippen LogP contribution in [0.1, 0.15) is 57.6 Å². The smallest absolute Gasteiger partial charge is 0.407 e. The van der Waals surface area contributed by atoms with E-state index in [9.17, 15) is 14.3 Å². The summed E-state index contributed by atoms with van der Waals surface area (Å²) in [6, 6.07) is 14.4. The summed E-state index contributed by atoms with van der Waals surface area (Å²) in [6.07, 6.45) is -0.941. The van der Waals surface area contributed by atoms with Crippen molar-refractivity contribution in [2.24, 2.45) is 0 Å². The van der Waals surface area contributed by atoms with Crippen LogP contribution in [0.4, 0.5) is 15.0 Å². The molecule has 5 rings (SSSR count). The predicted molar refractivity (Wildman–Crippen MR) is 158 cm³/mol. The van der Waals surface area contributed by atoms with Crippen molar-refractivity contribution in [1.29, 1.82) is 0 Å². The second-order valence-electron chi connectivity index (χ2n) is 11.0. The maximum Gasteiger partial charge on any atom is 0.407 e. The molecule has 0 aliphatic carbocycles. The number of amides is 1. The quantitative estimate of drug-likeness (QED) is 0.270. The molecule has 1 saturated heterocycles. The molecule has 0 radical (unpaired) electrons. The third-order valence-electron chi connectivity index (χ3n) is 7.59. The summed E-state index contributed by atoms with van der Waals surface area (Å²) in [5.74, 6) is 0.600. The summed E-state index contributed by atoms with van der Waals surface area (Å²) in [5.41, 5.74) is 5.08. The number of hydrogen-bond donors (Lipinski definition) is 1. The average molecular weight is 562 g/mol. The van der Waals surface area contributed by atoms with Gasteiger partial charge in [0.2, 0.25) is 0 Å². The molecule has 3 heterocycles.